The van der Waals surface area contributed by atoms with Crippen LogP contribution < -0.4 is 4.74 Å². The van der Waals surface area contributed by atoms with Crippen LogP contribution in [0.25, 0.3) is 21.9 Å². The first-order valence-corrected chi connectivity index (χ1v) is 10.9. The maximum absolute atomic E-state index is 15.1. The first-order valence-electron chi connectivity index (χ1n) is 10.5. The quantitative estimate of drug-likeness (QED) is 0.256. The van der Waals surface area contributed by atoms with Crippen molar-refractivity contribution in [2.45, 2.75) is 26.2 Å². The third-order valence-corrected chi connectivity index (χ3v) is 5.78. The first-order chi connectivity index (χ1) is 15.5. The van der Waals surface area contributed by atoms with Crippen molar-refractivity contribution < 1.29 is 17.9 Å². The molecule has 0 N–H and O–H groups in total. The van der Waals surface area contributed by atoms with Gasteiger partial charge in [-0.1, -0.05) is 54.9 Å². The fraction of sp³-hybridized carbons (Fsp3) is 0.185. The number of rotatable bonds is 7. The molecule has 4 aromatic rings. The summed E-state index contributed by atoms with van der Waals surface area (Å²) in [5, 5.41) is 0.783. The number of fused-ring (bicyclic) bond motifs is 1. The lowest BCUT2D eigenvalue weighted by atomic mass is 9.97. The van der Waals surface area contributed by atoms with Crippen LogP contribution in [0.15, 0.2) is 66.7 Å². The zero-order valence-electron chi connectivity index (χ0n) is 17.6. The van der Waals surface area contributed by atoms with Crippen LogP contribution in [0.5, 0.6) is 5.75 Å². The molecule has 0 bridgehead atoms. The molecule has 4 aromatic carbocycles. The molecule has 1 nitrogen and oxygen atoms in total. The van der Waals surface area contributed by atoms with Gasteiger partial charge in [0.15, 0.2) is 0 Å². The normalized spacial score (nSPS) is 11.2. The van der Waals surface area contributed by atoms with Gasteiger partial charge in [-0.3, -0.25) is 0 Å². The molecule has 32 heavy (non-hydrogen) atoms. The van der Waals surface area contributed by atoms with Crippen molar-refractivity contribution in [2.24, 2.45) is 0 Å². The predicted molar refractivity (Wildman–Crippen MR) is 124 cm³/mol. The van der Waals surface area contributed by atoms with Crippen molar-refractivity contribution in [1.82, 2.24) is 0 Å². The van der Waals surface area contributed by atoms with Crippen LogP contribution in [0, 0.1) is 17.5 Å². The Morgan fingerprint density at radius 1 is 0.781 bits per heavy atom. The monoisotopic (exact) mass is 454 g/mol. The summed E-state index contributed by atoms with van der Waals surface area (Å²) in [6, 6.07) is 19.4. The molecule has 0 saturated carbocycles. The van der Waals surface area contributed by atoms with Crippen LogP contribution in [0.2, 0.25) is 5.02 Å². The third kappa shape index (κ3) is 4.76. The van der Waals surface area contributed by atoms with Crippen LogP contribution in [-0.4, -0.2) is 6.61 Å². The van der Waals surface area contributed by atoms with Gasteiger partial charge in [-0.15, -0.1) is 0 Å². The Morgan fingerprint density at radius 3 is 2.16 bits per heavy atom. The summed E-state index contributed by atoms with van der Waals surface area (Å²) < 4.78 is 48.0. The van der Waals surface area contributed by atoms with Crippen LogP contribution in [0.1, 0.15) is 24.5 Å². The van der Waals surface area contributed by atoms with E-state index in [1.54, 1.807) is 12.1 Å². The minimum Gasteiger partial charge on any atom is -0.494 e. The first kappa shape index (κ1) is 22.2. The largest absolute Gasteiger partial charge is 0.494 e. The molecule has 4 rings (SSSR count). The van der Waals surface area contributed by atoms with Gasteiger partial charge in [-0.05, 0) is 77.2 Å². The van der Waals surface area contributed by atoms with E-state index in [0.29, 0.717) is 36.0 Å². The summed E-state index contributed by atoms with van der Waals surface area (Å²) in [6.45, 7) is 2.74. The molecule has 5 heteroatoms. The van der Waals surface area contributed by atoms with Gasteiger partial charge in [0.05, 0.1) is 6.61 Å². The summed E-state index contributed by atoms with van der Waals surface area (Å²) >= 11 is 5.53. The Morgan fingerprint density at radius 2 is 1.47 bits per heavy atom. The van der Waals surface area contributed by atoms with Crippen LogP contribution in [-0.2, 0) is 12.8 Å². The summed E-state index contributed by atoms with van der Waals surface area (Å²) in [7, 11) is 0. The molecule has 0 radical (unpaired) electrons. The van der Waals surface area contributed by atoms with Crippen LogP contribution >= 0.6 is 11.6 Å². The fourth-order valence-corrected chi connectivity index (χ4v) is 3.81. The zero-order valence-corrected chi connectivity index (χ0v) is 18.4. The highest BCUT2D eigenvalue weighted by atomic mass is 35.5. The highest BCUT2D eigenvalue weighted by molar-refractivity contribution is 6.30. The Bertz CT molecular complexity index is 1230. The van der Waals surface area contributed by atoms with E-state index in [2.05, 4.69) is 6.92 Å². The lowest BCUT2D eigenvalue weighted by Crippen LogP contribution is -1.98. The van der Waals surface area contributed by atoms with E-state index in [1.807, 2.05) is 42.5 Å². The van der Waals surface area contributed by atoms with Gasteiger partial charge in [-0.2, -0.15) is 0 Å². The smallest absolute Gasteiger partial charge is 0.145 e. The molecule has 0 heterocycles. The molecule has 0 spiro atoms. The molecule has 0 atom stereocenters. The molecular weight excluding hydrogens is 433 g/mol. The molecule has 0 aliphatic carbocycles. The Hall–Kier alpha value is -2.98. The lowest BCUT2D eigenvalue weighted by molar-refractivity contribution is 0.317. The number of hydrogen-bond donors (Lipinski definition) is 0. The van der Waals surface area contributed by atoms with Gasteiger partial charge >= 0.3 is 0 Å². The minimum absolute atomic E-state index is 0.304. The molecule has 0 amide bonds. The van der Waals surface area contributed by atoms with Crippen molar-refractivity contribution in [3.8, 4) is 16.9 Å². The van der Waals surface area contributed by atoms with E-state index in [9.17, 15) is 8.78 Å². The number of ether oxygens (including phenoxy) is 1. The van der Waals surface area contributed by atoms with Crippen molar-refractivity contribution in [1.29, 1.82) is 0 Å². The van der Waals surface area contributed by atoms with Gasteiger partial charge in [0.1, 0.15) is 28.2 Å². The molecular formula is C27H22ClF3O. The van der Waals surface area contributed by atoms with Crippen LogP contribution in [0.3, 0.4) is 0 Å². The zero-order chi connectivity index (χ0) is 22.7. The second-order valence-electron chi connectivity index (χ2n) is 7.72. The third-order valence-electron chi connectivity index (χ3n) is 5.42. The number of hydrogen-bond acceptors (Lipinski definition) is 1. The van der Waals surface area contributed by atoms with E-state index in [0.717, 1.165) is 28.7 Å². The highest BCUT2D eigenvalue weighted by Gasteiger charge is 2.12. The summed E-state index contributed by atoms with van der Waals surface area (Å²) in [5.74, 6) is -1.10. The van der Waals surface area contributed by atoms with Crippen molar-refractivity contribution in [3.63, 3.8) is 0 Å². The highest BCUT2D eigenvalue weighted by Crippen LogP contribution is 2.29. The summed E-state index contributed by atoms with van der Waals surface area (Å²) in [6.07, 6.45) is 1.58. The SMILES string of the molecule is CCCOc1ccc(-c2ccc3c(F)c(CCc4cc(F)c(Cl)c(F)c4)ccc3c2)cc1. The van der Waals surface area contributed by atoms with Gasteiger partial charge in [0.2, 0.25) is 0 Å². The number of halogens is 4. The molecule has 164 valence electrons. The average Bonchev–Trinajstić information content (AvgIpc) is 2.81. The van der Waals surface area contributed by atoms with E-state index in [4.69, 9.17) is 16.3 Å². The van der Waals surface area contributed by atoms with Crippen molar-refractivity contribution >= 4 is 22.4 Å². The van der Waals surface area contributed by atoms with Crippen molar-refractivity contribution in [2.75, 3.05) is 6.61 Å². The van der Waals surface area contributed by atoms with Crippen LogP contribution in [0.4, 0.5) is 13.2 Å². The Labute approximate surface area is 190 Å². The van der Waals surface area contributed by atoms with Gasteiger partial charge in [0, 0.05) is 5.39 Å². The van der Waals surface area contributed by atoms with Gasteiger partial charge in [0.25, 0.3) is 0 Å². The van der Waals surface area contributed by atoms with E-state index in [1.165, 1.54) is 12.1 Å². The molecule has 0 aromatic heterocycles. The standard InChI is InChI=1S/C27H22ClF3O/c1-2-13-32-22-10-7-18(8-11-22)20-9-12-23-21(16-20)6-5-19(27(23)31)4-3-17-14-24(29)26(28)25(30)15-17/h5-12,14-16H,2-4,13H2,1H3. The molecule has 0 fully saturated rings. The van der Waals surface area contributed by atoms with Gasteiger partial charge < -0.3 is 4.74 Å². The second-order valence-corrected chi connectivity index (χ2v) is 8.10. The average molecular weight is 455 g/mol. The Kier molecular flexibility index (Phi) is 6.71. The summed E-state index contributed by atoms with van der Waals surface area (Å²) in [5.41, 5.74) is 2.94. The minimum atomic E-state index is -0.807. The Balaban J connectivity index is 1.54. The maximum atomic E-state index is 15.1. The number of benzene rings is 4. The lowest BCUT2D eigenvalue weighted by Gasteiger charge is -2.10. The fourth-order valence-electron chi connectivity index (χ4n) is 3.70. The molecule has 0 saturated heterocycles. The topological polar surface area (TPSA) is 9.23 Å². The number of aryl methyl sites for hydroxylation is 2. The van der Waals surface area contributed by atoms with E-state index in [-0.39, 0.29) is 5.82 Å². The summed E-state index contributed by atoms with van der Waals surface area (Å²) in [4.78, 5) is 0. The van der Waals surface area contributed by atoms with E-state index < -0.39 is 16.7 Å². The maximum Gasteiger partial charge on any atom is 0.145 e. The van der Waals surface area contributed by atoms with E-state index >= 15 is 4.39 Å². The van der Waals surface area contributed by atoms with Crippen molar-refractivity contribution in [3.05, 3.63) is 100 Å². The second kappa shape index (κ2) is 9.66. The predicted octanol–water partition coefficient (Wildman–Crippen LogP) is 8.15. The molecule has 0 aliphatic heterocycles. The molecule has 0 unspecified atom stereocenters. The molecule has 0 aliphatic rings. The van der Waals surface area contributed by atoms with Gasteiger partial charge in [-0.25, -0.2) is 13.2 Å².